The molecule has 0 saturated carbocycles. The van der Waals surface area contributed by atoms with Gasteiger partial charge in [0.1, 0.15) is 11.8 Å². The largest absolute Gasteiger partial charge is 0.470 e. The van der Waals surface area contributed by atoms with Crippen LogP contribution in [-0.4, -0.2) is 18.0 Å². The summed E-state index contributed by atoms with van der Waals surface area (Å²) in [6, 6.07) is 3.17. The summed E-state index contributed by atoms with van der Waals surface area (Å²) in [7, 11) is 0. The first-order valence-electron chi connectivity index (χ1n) is 3.70. The molecule has 0 aliphatic heterocycles. The second-order valence-corrected chi connectivity index (χ2v) is 2.39. The fraction of sp³-hybridized carbons (Fsp3) is 0.250. The Labute approximate surface area is 78.9 Å². The third-order valence-corrected chi connectivity index (χ3v) is 1.42. The molecule has 0 atom stereocenters. The van der Waals surface area contributed by atoms with E-state index in [0.717, 1.165) is 0 Å². The average Bonchev–Trinajstić information content (AvgIpc) is 2.16. The van der Waals surface area contributed by atoms with Crippen molar-refractivity contribution in [2.45, 2.75) is 6.43 Å². The summed E-state index contributed by atoms with van der Waals surface area (Å²) < 4.78 is 28.2. The van der Waals surface area contributed by atoms with Crippen molar-refractivity contribution in [2.75, 3.05) is 12.3 Å². The summed E-state index contributed by atoms with van der Waals surface area (Å²) in [5, 5.41) is 8.56. The zero-order chi connectivity index (χ0) is 10.6. The highest BCUT2D eigenvalue weighted by molar-refractivity contribution is 5.59. The summed E-state index contributed by atoms with van der Waals surface area (Å²) in [6.07, 6.45) is -1.32. The predicted octanol–water partition coefficient (Wildman–Crippen LogP) is 1.18. The van der Waals surface area contributed by atoms with E-state index in [1.165, 1.54) is 12.3 Å². The summed E-state index contributed by atoms with van der Waals surface area (Å²) in [6.45, 7) is -0.786. The van der Waals surface area contributed by atoms with E-state index in [1.807, 2.05) is 0 Å². The van der Waals surface area contributed by atoms with Gasteiger partial charge in [-0.3, -0.25) is 0 Å². The zero-order valence-corrected chi connectivity index (χ0v) is 7.08. The molecule has 0 unspecified atom stereocenters. The van der Waals surface area contributed by atoms with E-state index in [1.54, 1.807) is 6.07 Å². The lowest BCUT2D eigenvalue weighted by molar-refractivity contribution is 0.0800. The molecule has 2 N–H and O–H groups in total. The highest BCUT2D eigenvalue weighted by Gasteiger charge is 2.09. The van der Waals surface area contributed by atoms with Crippen LogP contribution in [0.2, 0.25) is 0 Å². The molecule has 0 fully saturated rings. The molecule has 0 bridgehead atoms. The van der Waals surface area contributed by atoms with Crippen molar-refractivity contribution in [2.24, 2.45) is 0 Å². The van der Waals surface area contributed by atoms with Crippen molar-refractivity contribution in [3.05, 3.63) is 17.8 Å². The maximum absolute atomic E-state index is 11.8. The Morgan fingerprint density at radius 2 is 2.36 bits per heavy atom. The van der Waals surface area contributed by atoms with Gasteiger partial charge in [-0.2, -0.15) is 5.26 Å². The summed E-state index contributed by atoms with van der Waals surface area (Å²) in [5.41, 5.74) is 5.56. The number of pyridine rings is 1. The number of nitrogens with two attached hydrogens (primary N) is 1. The normalized spacial score (nSPS) is 9.86. The van der Waals surface area contributed by atoms with Gasteiger partial charge in [-0.05, 0) is 6.07 Å². The van der Waals surface area contributed by atoms with Gasteiger partial charge in [0.05, 0.1) is 5.56 Å². The van der Waals surface area contributed by atoms with Crippen LogP contribution >= 0.6 is 0 Å². The minimum atomic E-state index is -2.60. The van der Waals surface area contributed by atoms with Crippen molar-refractivity contribution < 1.29 is 13.5 Å². The van der Waals surface area contributed by atoms with Crippen LogP contribution in [0.5, 0.6) is 5.88 Å². The van der Waals surface area contributed by atoms with Crippen LogP contribution in [0, 0.1) is 11.3 Å². The number of hydrogen-bond donors (Lipinski definition) is 1. The van der Waals surface area contributed by atoms with Crippen LogP contribution in [0.3, 0.4) is 0 Å². The number of hydrogen-bond acceptors (Lipinski definition) is 4. The van der Waals surface area contributed by atoms with E-state index in [0.29, 0.717) is 0 Å². The standard InChI is InChI=1S/C8H7F2N3O/c9-6(10)4-14-8-7(12)5(3-11)1-2-13-8/h1-2,6H,4,12H2. The van der Waals surface area contributed by atoms with Crippen LogP contribution in [-0.2, 0) is 0 Å². The number of halogens is 2. The van der Waals surface area contributed by atoms with E-state index >= 15 is 0 Å². The fourth-order valence-corrected chi connectivity index (χ4v) is 0.808. The molecule has 74 valence electrons. The zero-order valence-electron chi connectivity index (χ0n) is 7.08. The lowest BCUT2D eigenvalue weighted by atomic mass is 10.2. The molecule has 0 amide bonds. The fourth-order valence-electron chi connectivity index (χ4n) is 0.808. The molecule has 1 heterocycles. The highest BCUT2D eigenvalue weighted by Crippen LogP contribution is 2.21. The smallest absolute Gasteiger partial charge is 0.272 e. The summed E-state index contributed by atoms with van der Waals surface area (Å²) in [5.74, 6) is -0.135. The third kappa shape index (κ3) is 2.29. The van der Waals surface area contributed by atoms with Crippen molar-refractivity contribution in [1.29, 1.82) is 5.26 Å². The maximum atomic E-state index is 11.8. The Morgan fingerprint density at radius 1 is 1.64 bits per heavy atom. The van der Waals surface area contributed by atoms with Crippen LogP contribution in [0.25, 0.3) is 0 Å². The maximum Gasteiger partial charge on any atom is 0.272 e. The number of anilines is 1. The minimum Gasteiger partial charge on any atom is -0.470 e. The molecule has 6 heteroatoms. The second-order valence-electron chi connectivity index (χ2n) is 2.39. The first-order chi connectivity index (χ1) is 6.65. The van der Waals surface area contributed by atoms with E-state index in [-0.39, 0.29) is 17.1 Å². The van der Waals surface area contributed by atoms with Crippen LogP contribution in [0.1, 0.15) is 5.56 Å². The Kier molecular flexibility index (Phi) is 3.18. The second kappa shape index (κ2) is 4.37. The summed E-state index contributed by atoms with van der Waals surface area (Å²) in [4.78, 5) is 3.63. The first kappa shape index (κ1) is 10.2. The number of alkyl halides is 2. The number of aromatic nitrogens is 1. The molecule has 1 rings (SSSR count). The summed E-state index contributed by atoms with van der Waals surface area (Å²) >= 11 is 0. The minimum absolute atomic E-state index is 0.0179. The van der Waals surface area contributed by atoms with Crippen molar-refractivity contribution >= 4 is 5.69 Å². The molecule has 0 saturated heterocycles. The van der Waals surface area contributed by atoms with Gasteiger partial charge in [0, 0.05) is 6.20 Å². The van der Waals surface area contributed by atoms with Gasteiger partial charge in [0.2, 0.25) is 5.88 Å². The molecule has 0 radical (unpaired) electrons. The van der Waals surface area contributed by atoms with Gasteiger partial charge in [-0.25, -0.2) is 13.8 Å². The van der Waals surface area contributed by atoms with Gasteiger partial charge < -0.3 is 10.5 Å². The van der Waals surface area contributed by atoms with E-state index in [4.69, 9.17) is 11.0 Å². The Hall–Kier alpha value is -1.90. The SMILES string of the molecule is N#Cc1ccnc(OCC(F)F)c1N. The topological polar surface area (TPSA) is 71.9 Å². The predicted molar refractivity (Wildman–Crippen MR) is 44.9 cm³/mol. The molecule has 1 aromatic rings. The average molecular weight is 199 g/mol. The molecule has 0 aliphatic carbocycles. The van der Waals surface area contributed by atoms with Gasteiger partial charge in [0.25, 0.3) is 6.43 Å². The van der Waals surface area contributed by atoms with Crippen LogP contribution < -0.4 is 10.5 Å². The van der Waals surface area contributed by atoms with Gasteiger partial charge in [-0.1, -0.05) is 0 Å². The van der Waals surface area contributed by atoms with E-state index in [2.05, 4.69) is 9.72 Å². The van der Waals surface area contributed by atoms with Crippen LogP contribution in [0.4, 0.5) is 14.5 Å². The number of rotatable bonds is 3. The van der Waals surface area contributed by atoms with Crippen molar-refractivity contribution in [3.8, 4) is 11.9 Å². The highest BCUT2D eigenvalue weighted by atomic mass is 19.3. The van der Waals surface area contributed by atoms with Gasteiger partial charge >= 0.3 is 0 Å². The Bertz CT molecular complexity index is 362. The number of nitrogen functional groups attached to an aromatic ring is 1. The molecule has 0 aliphatic rings. The Balaban J connectivity index is 2.83. The van der Waals surface area contributed by atoms with E-state index < -0.39 is 13.0 Å². The molecule has 4 nitrogen and oxygen atoms in total. The number of ether oxygens (including phenoxy) is 1. The molecule has 14 heavy (non-hydrogen) atoms. The van der Waals surface area contributed by atoms with E-state index in [9.17, 15) is 8.78 Å². The molecule has 1 aromatic heterocycles. The van der Waals surface area contributed by atoms with Gasteiger partial charge in [-0.15, -0.1) is 0 Å². The van der Waals surface area contributed by atoms with Crippen LogP contribution in [0.15, 0.2) is 12.3 Å². The molecular weight excluding hydrogens is 192 g/mol. The lowest BCUT2D eigenvalue weighted by Crippen LogP contribution is -2.10. The monoisotopic (exact) mass is 199 g/mol. The number of nitrogens with zero attached hydrogens (tertiary/aromatic N) is 2. The Morgan fingerprint density at radius 3 is 2.93 bits per heavy atom. The van der Waals surface area contributed by atoms with Crippen molar-refractivity contribution in [1.82, 2.24) is 4.98 Å². The van der Waals surface area contributed by atoms with Crippen molar-refractivity contribution in [3.63, 3.8) is 0 Å². The number of nitriles is 1. The first-order valence-corrected chi connectivity index (χ1v) is 3.70. The third-order valence-electron chi connectivity index (χ3n) is 1.42. The molecular formula is C8H7F2N3O. The molecule has 0 aromatic carbocycles. The lowest BCUT2D eigenvalue weighted by Gasteiger charge is -2.06. The quantitative estimate of drug-likeness (QED) is 0.793. The van der Waals surface area contributed by atoms with Gasteiger partial charge in [0.15, 0.2) is 6.61 Å². The molecule has 0 spiro atoms.